The average Bonchev–Trinajstić information content (AvgIpc) is 3.35. The van der Waals surface area contributed by atoms with Crippen LogP contribution >= 0.6 is 22.6 Å². The summed E-state index contributed by atoms with van der Waals surface area (Å²) in [6, 6.07) is 19.5. The standard InChI is InChI=1S/C28H27IN2O8S2/c1-2-22-23(29)13-14-24-25(22)27(26(28(32)33)31(24)40(34,35)21-11-7-4-8-12-21)41(36,37)30-15-16-38-20(17-30)18-39-19-9-5-3-6-10-19/h3-14,20H,2,15-18H2,1H3,(H,32,33). The number of halogens is 1. The number of para-hydroxylation sites is 1. The lowest BCUT2D eigenvalue weighted by molar-refractivity contribution is -0.0249. The van der Waals surface area contributed by atoms with Gasteiger partial charge in [0.05, 0.1) is 17.0 Å². The Balaban J connectivity index is 1.68. The van der Waals surface area contributed by atoms with Crippen LogP contribution in [0.15, 0.2) is 82.6 Å². The molecule has 1 fully saturated rings. The molecule has 1 saturated heterocycles. The molecule has 0 saturated carbocycles. The first-order valence-corrected chi connectivity index (χ1v) is 16.7. The third kappa shape index (κ3) is 5.48. The van der Waals surface area contributed by atoms with Crippen LogP contribution in [-0.4, -0.2) is 68.6 Å². The van der Waals surface area contributed by atoms with Gasteiger partial charge in [-0.3, -0.25) is 0 Å². The van der Waals surface area contributed by atoms with Crippen molar-refractivity contribution < 1.29 is 36.2 Å². The van der Waals surface area contributed by atoms with Crippen molar-refractivity contribution in [2.45, 2.75) is 29.2 Å². The van der Waals surface area contributed by atoms with Crippen LogP contribution in [0.5, 0.6) is 5.75 Å². The number of hydrogen-bond donors (Lipinski definition) is 1. The summed E-state index contributed by atoms with van der Waals surface area (Å²) in [5, 5.41) is 10.5. The summed E-state index contributed by atoms with van der Waals surface area (Å²) >= 11 is 2.05. The number of ether oxygens (including phenoxy) is 2. The number of rotatable bonds is 9. The summed E-state index contributed by atoms with van der Waals surface area (Å²) in [7, 11) is -9.02. The number of fused-ring (bicyclic) bond motifs is 1. The van der Waals surface area contributed by atoms with E-state index in [1.165, 1.54) is 30.3 Å². The van der Waals surface area contributed by atoms with Crippen molar-refractivity contribution in [1.29, 1.82) is 0 Å². The zero-order valence-electron chi connectivity index (χ0n) is 21.9. The van der Waals surface area contributed by atoms with Crippen molar-refractivity contribution in [3.05, 3.63) is 87.6 Å². The van der Waals surface area contributed by atoms with Gasteiger partial charge in [0, 0.05) is 22.0 Å². The van der Waals surface area contributed by atoms with E-state index in [0.29, 0.717) is 25.3 Å². The fraction of sp³-hybridized carbons (Fsp3) is 0.250. The van der Waals surface area contributed by atoms with E-state index in [1.54, 1.807) is 24.3 Å². The van der Waals surface area contributed by atoms with Gasteiger partial charge in [0.2, 0.25) is 10.0 Å². The molecule has 0 amide bonds. The van der Waals surface area contributed by atoms with Crippen molar-refractivity contribution in [2.24, 2.45) is 0 Å². The number of carboxylic acid groups (broad SMARTS) is 1. The van der Waals surface area contributed by atoms with Gasteiger partial charge >= 0.3 is 5.97 Å². The number of carboxylic acids is 1. The van der Waals surface area contributed by atoms with Gasteiger partial charge in [-0.05, 0) is 71.0 Å². The van der Waals surface area contributed by atoms with Crippen LogP contribution in [0.25, 0.3) is 10.9 Å². The highest BCUT2D eigenvalue weighted by atomic mass is 127. The number of carbonyl (C=O) groups is 1. The lowest BCUT2D eigenvalue weighted by Gasteiger charge is -2.32. The summed E-state index contributed by atoms with van der Waals surface area (Å²) in [4.78, 5) is 12.1. The Morgan fingerprint density at radius 3 is 2.29 bits per heavy atom. The van der Waals surface area contributed by atoms with E-state index in [2.05, 4.69) is 0 Å². The van der Waals surface area contributed by atoms with Crippen molar-refractivity contribution in [3.8, 4) is 5.75 Å². The Hall–Kier alpha value is -2.98. The first-order valence-electron chi connectivity index (χ1n) is 12.8. The van der Waals surface area contributed by atoms with Gasteiger partial charge in [0.25, 0.3) is 10.0 Å². The van der Waals surface area contributed by atoms with Gasteiger partial charge in [-0.1, -0.05) is 43.3 Å². The molecule has 0 spiro atoms. The van der Waals surface area contributed by atoms with E-state index in [9.17, 15) is 26.7 Å². The molecule has 1 aromatic heterocycles. The molecule has 1 aliphatic rings. The molecule has 216 valence electrons. The number of benzene rings is 3. The molecule has 10 nitrogen and oxygen atoms in total. The third-order valence-corrected chi connectivity index (χ3v) is 11.5. The monoisotopic (exact) mass is 710 g/mol. The predicted octanol–water partition coefficient (Wildman–Crippen LogP) is 4.21. The molecule has 0 aliphatic carbocycles. The van der Waals surface area contributed by atoms with Crippen molar-refractivity contribution in [3.63, 3.8) is 0 Å². The number of nitrogens with zero attached hydrogens (tertiary/aromatic N) is 2. The van der Waals surface area contributed by atoms with E-state index < -0.39 is 42.7 Å². The quantitative estimate of drug-likeness (QED) is 0.256. The summed E-state index contributed by atoms with van der Waals surface area (Å²) in [5.41, 5.74) is -0.299. The molecule has 41 heavy (non-hydrogen) atoms. The normalized spacial score (nSPS) is 16.6. The number of aryl methyl sites for hydroxylation is 1. The van der Waals surface area contributed by atoms with Gasteiger partial charge in [-0.25, -0.2) is 25.6 Å². The topological polar surface area (TPSA) is 132 Å². The first-order chi connectivity index (χ1) is 19.6. The van der Waals surface area contributed by atoms with Gasteiger partial charge in [0.15, 0.2) is 5.69 Å². The minimum absolute atomic E-state index is 0.0145. The second-order valence-electron chi connectivity index (χ2n) is 9.32. The number of aromatic nitrogens is 1. The van der Waals surface area contributed by atoms with Gasteiger partial charge in [0.1, 0.15) is 23.4 Å². The molecular weight excluding hydrogens is 683 g/mol. The molecule has 1 unspecified atom stereocenters. The Labute approximate surface area is 251 Å². The van der Waals surface area contributed by atoms with Crippen molar-refractivity contribution in [1.82, 2.24) is 8.28 Å². The maximum absolute atomic E-state index is 14.4. The van der Waals surface area contributed by atoms with Crippen LogP contribution in [0.3, 0.4) is 0 Å². The molecule has 3 aromatic carbocycles. The summed E-state index contributed by atoms with van der Waals surface area (Å²) in [5.74, 6) is -1.07. The molecular formula is C28H27IN2O8S2. The Kier molecular flexibility index (Phi) is 8.43. The maximum Gasteiger partial charge on any atom is 0.355 e. The number of sulfonamides is 1. The molecule has 13 heteroatoms. The van der Waals surface area contributed by atoms with Crippen LogP contribution in [0.4, 0.5) is 0 Å². The molecule has 1 atom stereocenters. The molecule has 5 rings (SSSR count). The first kappa shape index (κ1) is 29.5. The minimum atomic E-state index is -4.52. The number of morpholine rings is 1. The van der Waals surface area contributed by atoms with Crippen molar-refractivity contribution in [2.75, 3.05) is 26.3 Å². The van der Waals surface area contributed by atoms with Crippen LogP contribution < -0.4 is 4.74 Å². The van der Waals surface area contributed by atoms with Crippen molar-refractivity contribution >= 4 is 59.5 Å². The Morgan fingerprint density at radius 2 is 1.66 bits per heavy atom. The zero-order valence-corrected chi connectivity index (χ0v) is 25.7. The van der Waals surface area contributed by atoms with Gasteiger partial charge < -0.3 is 14.6 Å². The zero-order chi connectivity index (χ0) is 29.4. The maximum atomic E-state index is 14.4. The Morgan fingerprint density at radius 1 is 1.00 bits per heavy atom. The summed E-state index contributed by atoms with van der Waals surface area (Å²) in [6.45, 7) is 1.81. The second-order valence-corrected chi connectivity index (χ2v) is 14.1. The molecule has 0 bridgehead atoms. The average molecular weight is 711 g/mol. The fourth-order valence-electron chi connectivity index (χ4n) is 4.94. The molecule has 1 N–H and O–H groups in total. The highest BCUT2D eigenvalue weighted by molar-refractivity contribution is 14.1. The SMILES string of the molecule is CCc1c(I)ccc2c1c(S(=O)(=O)N1CCOC(COc3ccccc3)C1)c(C(=O)O)n2S(=O)(=O)c1ccccc1. The molecule has 4 aromatic rings. The van der Waals surface area contributed by atoms with Crippen LogP contribution in [0, 0.1) is 3.57 Å². The second kappa shape index (κ2) is 11.7. The van der Waals surface area contributed by atoms with Crippen LogP contribution in [0.1, 0.15) is 23.0 Å². The van der Waals surface area contributed by atoms with E-state index >= 15 is 0 Å². The smallest absolute Gasteiger partial charge is 0.355 e. The lowest BCUT2D eigenvalue weighted by Crippen LogP contribution is -2.47. The van der Waals surface area contributed by atoms with Gasteiger partial charge in [-0.2, -0.15) is 4.31 Å². The molecule has 1 aliphatic heterocycles. The van der Waals surface area contributed by atoms with Gasteiger partial charge in [-0.15, -0.1) is 0 Å². The summed E-state index contributed by atoms with van der Waals surface area (Å²) < 4.78 is 70.5. The molecule has 0 radical (unpaired) electrons. The number of hydrogen-bond acceptors (Lipinski definition) is 7. The highest BCUT2D eigenvalue weighted by Gasteiger charge is 2.41. The van der Waals surface area contributed by atoms with Crippen LogP contribution in [-0.2, 0) is 31.2 Å². The largest absolute Gasteiger partial charge is 0.491 e. The number of aromatic carboxylic acids is 1. The summed E-state index contributed by atoms with van der Waals surface area (Å²) in [6.07, 6.45) is -0.275. The van der Waals surface area contributed by atoms with E-state index in [0.717, 1.165) is 4.31 Å². The fourth-order valence-corrected chi connectivity index (χ4v) is 9.20. The Bertz CT molecular complexity index is 1810. The lowest BCUT2D eigenvalue weighted by atomic mass is 10.1. The van der Waals surface area contributed by atoms with Crippen LogP contribution in [0.2, 0.25) is 0 Å². The predicted molar refractivity (Wildman–Crippen MR) is 160 cm³/mol. The highest BCUT2D eigenvalue weighted by Crippen LogP contribution is 2.39. The van der Waals surface area contributed by atoms with E-state index in [4.69, 9.17) is 9.47 Å². The van der Waals surface area contributed by atoms with E-state index in [1.807, 2.05) is 47.7 Å². The third-order valence-electron chi connectivity index (χ3n) is 6.81. The molecule has 2 heterocycles. The van der Waals surface area contributed by atoms with E-state index in [-0.39, 0.29) is 42.1 Å². The minimum Gasteiger partial charge on any atom is -0.491 e.